The summed E-state index contributed by atoms with van der Waals surface area (Å²) in [7, 11) is 0. The molecule has 0 saturated heterocycles. The molecule has 0 spiro atoms. The predicted octanol–water partition coefficient (Wildman–Crippen LogP) is 1.56. The highest BCUT2D eigenvalue weighted by atomic mass is 35.5. The Hall–Kier alpha value is -3.70. The third kappa shape index (κ3) is 4.42. The molecule has 0 fully saturated rings. The molecule has 31 heavy (non-hydrogen) atoms. The minimum Gasteiger partial charge on any atom is -0.480 e. The second-order valence-electron chi connectivity index (χ2n) is 7.06. The lowest BCUT2D eigenvalue weighted by atomic mass is 10.1. The Morgan fingerprint density at radius 2 is 1.87 bits per heavy atom. The molecule has 0 radical (unpaired) electrons. The van der Waals surface area contributed by atoms with Crippen molar-refractivity contribution in [3.63, 3.8) is 0 Å². The minimum absolute atomic E-state index is 0.127. The van der Waals surface area contributed by atoms with Gasteiger partial charge in [0.2, 0.25) is 0 Å². The molecular formula is C19H18ClN7O4. The Kier molecular flexibility index (Phi) is 5.44. The van der Waals surface area contributed by atoms with Gasteiger partial charge in [-0.05, 0) is 23.8 Å². The summed E-state index contributed by atoms with van der Waals surface area (Å²) < 4.78 is 1.82. The van der Waals surface area contributed by atoms with Gasteiger partial charge in [0.15, 0.2) is 11.5 Å². The molecule has 12 heteroatoms. The third-order valence-electron chi connectivity index (χ3n) is 4.71. The molecule has 0 amide bonds. The number of nitrogens with two attached hydrogens (primary N) is 1. The van der Waals surface area contributed by atoms with E-state index in [1.165, 1.54) is 11.2 Å². The fraction of sp³-hybridized carbons (Fsp3) is 0.211. The number of carbonyl (C=O) groups is 2. The van der Waals surface area contributed by atoms with Crippen molar-refractivity contribution in [2.75, 3.05) is 18.8 Å². The van der Waals surface area contributed by atoms with E-state index in [0.717, 1.165) is 16.5 Å². The number of aromatic nitrogens is 5. The van der Waals surface area contributed by atoms with Gasteiger partial charge in [0.05, 0.1) is 31.5 Å². The number of hydrogen-bond acceptors (Lipinski definition) is 7. The van der Waals surface area contributed by atoms with E-state index in [4.69, 9.17) is 27.5 Å². The van der Waals surface area contributed by atoms with Gasteiger partial charge in [0.1, 0.15) is 11.8 Å². The normalized spacial score (nSPS) is 11.5. The zero-order chi connectivity index (χ0) is 22.1. The SMILES string of the molecule is Nc1ncnc2c1ncn2Cc1cc(Cl)cc2cc(CN(CC(=O)O)CC(=O)O)[nH]c12. The fourth-order valence-electron chi connectivity index (χ4n) is 3.54. The van der Waals surface area contributed by atoms with Crippen LogP contribution in [0.2, 0.25) is 5.02 Å². The summed E-state index contributed by atoms with van der Waals surface area (Å²) in [6.07, 6.45) is 2.99. The molecule has 0 saturated carbocycles. The van der Waals surface area contributed by atoms with E-state index in [-0.39, 0.29) is 6.54 Å². The number of benzene rings is 1. The number of aliphatic carboxylic acids is 2. The van der Waals surface area contributed by atoms with E-state index in [9.17, 15) is 9.59 Å². The van der Waals surface area contributed by atoms with Crippen LogP contribution < -0.4 is 5.73 Å². The van der Waals surface area contributed by atoms with Crippen molar-refractivity contribution in [2.24, 2.45) is 0 Å². The van der Waals surface area contributed by atoms with Crippen molar-refractivity contribution in [3.8, 4) is 0 Å². The van der Waals surface area contributed by atoms with Crippen LogP contribution in [-0.4, -0.2) is 64.6 Å². The van der Waals surface area contributed by atoms with Crippen LogP contribution in [0.4, 0.5) is 5.82 Å². The molecule has 4 rings (SSSR count). The van der Waals surface area contributed by atoms with Gasteiger partial charge in [-0.3, -0.25) is 14.5 Å². The summed E-state index contributed by atoms with van der Waals surface area (Å²) in [4.78, 5) is 39.2. The Morgan fingerprint density at radius 1 is 1.13 bits per heavy atom. The maximum Gasteiger partial charge on any atom is 0.317 e. The first-order valence-corrected chi connectivity index (χ1v) is 9.55. The number of aromatic amines is 1. The second-order valence-corrected chi connectivity index (χ2v) is 7.50. The number of nitrogen functional groups attached to an aromatic ring is 1. The van der Waals surface area contributed by atoms with Gasteiger partial charge < -0.3 is 25.5 Å². The molecule has 0 atom stereocenters. The highest BCUT2D eigenvalue weighted by molar-refractivity contribution is 6.31. The number of carboxylic acid groups (broad SMARTS) is 2. The van der Waals surface area contributed by atoms with Crippen LogP contribution in [0.3, 0.4) is 0 Å². The van der Waals surface area contributed by atoms with Crippen LogP contribution in [0.5, 0.6) is 0 Å². The quantitative estimate of drug-likeness (QED) is 0.316. The first-order valence-electron chi connectivity index (χ1n) is 9.17. The number of imidazole rings is 1. The third-order valence-corrected chi connectivity index (χ3v) is 4.93. The van der Waals surface area contributed by atoms with E-state index < -0.39 is 25.0 Å². The number of fused-ring (bicyclic) bond motifs is 2. The largest absolute Gasteiger partial charge is 0.480 e. The van der Waals surface area contributed by atoms with Crippen LogP contribution in [0.1, 0.15) is 11.3 Å². The Bertz CT molecular complexity index is 1280. The molecular weight excluding hydrogens is 426 g/mol. The number of nitrogens with zero attached hydrogens (tertiary/aromatic N) is 5. The maximum atomic E-state index is 11.1. The molecule has 3 aromatic heterocycles. The summed E-state index contributed by atoms with van der Waals surface area (Å²) in [5, 5.41) is 19.5. The van der Waals surface area contributed by atoms with Crippen LogP contribution >= 0.6 is 11.6 Å². The zero-order valence-corrected chi connectivity index (χ0v) is 16.9. The monoisotopic (exact) mass is 443 g/mol. The molecule has 0 aliphatic carbocycles. The average Bonchev–Trinajstić information content (AvgIpc) is 3.25. The number of rotatable bonds is 8. The summed E-state index contributed by atoms with van der Waals surface area (Å²) in [5.74, 6) is -1.91. The number of nitrogens with one attached hydrogen (secondary N) is 1. The van der Waals surface area contributed by atoms with E-state index >= 15 is 0 Å². The van der Waals surface area contributed by atoms with E-state index in [2.05, 4.69) is 19.9 Å². The summed E-state index contributed by atoms with van der Waals surface area (Å²) in [6, 6.07) is 5.42. The summed E-state index contributed by atoms with van der Waals surface area (Å²) in [6.45, 7) is -0.255. The van der Waals surface area contributed by atoms with E-state index in [1.54, 1.807) is 12.4 Å². The molecule has 0 unspecified atom stereocenters. The lowest BCUT2D eigenvalue weighted by Crippen LogP contribution is -2.34. The molecule has 0 aliphatic rings. The number of carboxylic acids is 2. The van der Waals surface area contributed by atoms with Crippen molar-refractivity contribution in [1.82, 2.24) is 29.4 Å². The van der Waals surface area contributed by atoms with Gasteiger partial charge >= 0.3 is 11.9 Å². The van der Waals surface area contributed by atoms with Gasteiger partial charge in [-0.2, -0.15) is 0 Å². The molecule has 0 aliphatic heterocycles. The zero-order valence-electron chi connectivity index (χ0n) is 16.1. The number of hydrogen-bond donors (Lipinski definition) is 4. The second kappa shape index (κ2) is 8.20. The van der Waals surface area contributed by atoms with Crippen molar-refractivity contribution in [1.29, 1.82) is 0 Å². The van der Waals surface area contributed by atoms with Crippen molar-refractivity contribution in [2.45, 2.75) is 13.1 Å². The van der Waals surface area contributed by atoms with E-state index in [1.807, 2.05) is 16.7 Å². The number of H-pyrrole nitrogens is 1. The lowest BCUT2D eigenvalue weighted by molar-refractivity contribution is -0.142. The molecule has 11 nitrogen and oxygen atoms in total. The smallest absolute Gasteiger partial charge is 0.317 e. The Morgan fingerprint density at radius 3 is 2.58 bits per heavy atom. The molecule has 5 N–H and O–H groups in total. The van der Waals surface area contributed by atoms with Gasteiger partial charge in [0, 0.05) is 22.6 Å². The van der Waals surface area contributed by atoms with Crippen LogP contribution in [0.25, 0.3) is 22.1 Å². The summed E-state index contributed by atoms with van der Waals surface area (Å²) in [5.41, 5.74) is 9.27. The molecule has 0 bridgehead atoms. The molecule has 160 valence electrons. The molecule has 3 heterocycles. The van der Waals surface area contributed by atoms with Crippen molar-refractivity contribution < 1.29 is 19.8 Å². The van der Waals surface area contributed by atoms with Crippen LogP contribution in [0.15, 0.2) is 30.9 Å². The average molecular weight is 444 g/mol. The van der Waals surface area contributed by atoms with Crippen molar-refractivity contribution in [3.05, 3.63) is 47.1 Å². The highest BCUT2D eigenvalue weighted by Gasteiger charge is 2.17. The van der Waals surface area contributed by atoms with Crippen molar-refractivity contribution >= 4 is 51.4 Å². The van der Waals surface area contributed by atoms with Crippen LogP contribution in [-0.2, 0) is 22.7 Å². The predicted molar refractivity (Wildman–Crippen MR) is 113 cm³/mol. The Balaban J connectivity index is 1.68. The Labute approximate surface area is 180 Å². The molecule has 1 aromatic carbocycles. The minimum atomic E-state index is -1.10. The van der Waals surface area contributed by atoms with Gasteiger partial charge in [-0.1, -0.05) is 11.6 Å². The number of halogens is 1. The fourth-order valence-corrected chi connectivity index (χ4v) is 3.79. The van der Waals surface area contributed by atoms with Gasteiger partial charge in [-0.15, -0.1) is 0 Å². The topological polar surface area (TPSA) is 163 Å². The summed E-state index contributed by atoms with van der Waals surface area (Å²) >= 11 is 6.31. The van der Waals surface area contributed by atoms with E-state index in [0.29, 0.717) is 34.2 Å². The maximum absolute atomic E-state index is 11.1. The standard InChI is InChI=1S/C19H18ClN7O4/c20-12-1-10-3-13(5-26(6-14(28)29)7-15(30)31)25-16(10)11(2-12)4-27-9-24-17-18(21)22-8-23-19(17)27/h1-3,8-9,25H,4-7H2,(H,28,29)(H,30,31)(H2,21,22,23). The van der Waals surface area contributed by atoms with Gasteiger partial charge in [0.25, 0.3) is 0 Å². The van der Waals surface area contributed by atoms with Crippen LogP contribution in [0, 0.1) is 0 Å². The first-order chi connectivity index (χ1) is 14.8. The lowest BCUT2D eigenvalue weighted by Gasteiger charge is -2.16. The van der Waals surface area contributed by atoms with Gasteiger partial charge in [-0.25, -0.2) is 15.0 Å². The number of anilines is 1. The highest BCUT2D eigenvalue weighted by Crippen LogP contribution is 2.27. The molecule has 4 aromatic rings. The first kappa shape index (κ1) is 20.6.